The molecule has 3 nitrogen and oxygen atoms in total. The molecular weight excluding hydrogens is 304 g/mol. The second-order valence-corrected chi connectivity index (χ2v) is 7.58. The lowest BCUT2D eigenvalue weighted by molar-refractivity contribution is -0.133. The molecule has 1 saturated carbocycles. The van der Waals surface area contributed by atoms with Gasteiger partial charge in [0.2, 0.25) is 5.91 Å². The van der Waals surface area contributed by atoms with Gasteiger partial charge >= 0.3 is 0 Å². The van der Waals surface area contributed by atoms with Gasteiger partial charge in [-0.3, -0.25) is 4.79 Å². The second-order valence-electron chi connectivity index (χ2n) is 6.20. The molecular formula is C16H27ClN2OS. The number of carbonyl (C=O) groups excluding carboxylic acids is 1. The van der Waals surface area contributed by atoms with Crippen molar-refractivity contribution in [3.05, 3.63) is 21.9 Å². The van der Waals surface area contributed by atoms with Crippen molar-refractivity contribution in [1.29, 1.82) is 0 Å². The molecule has 1 aromatic heterocycles. The van der Waals surface area contributed by atoms with E-state index in [-0.39, 0.29) is 23.7 Å². The molecule has 0 atom stereocenters. The van der Waals surface area contributed by atoms with Crippen LogP contribution < -0.4 is 5.73 Å². The van der Waals surface area contributed by atoms with Crippen molar-refractivity contribution in [1.82, 2.24) is 4.90 Å². The number of hydrogen-bond acceptors (Lipinski definition) is 3. The van der Waals surface area contributed by atoms with E-state index in [1.54, 1.807) is 11.3 Å². The van der Waals surface area contributed by atoms with E-state index in [9.17, 15) is 4.79 Å². The average molecular weight is 331 g/mol. The van der Waals surface area contributed by atoms with E-state index < -0.39 is 0 Å². The van der Waals surface area contributed by atoms with Gasteiger partial charge in [-0.2, -0.15) is 0 Å². The summed E-state index contributed by atoms with van der Waals surface area (Å²) < 4.78 is 0. The predicted octanol–water partition coefficient (Wildman–Crippen LogP) is 3.74. The number of nitrogens with two attached hydrogens (primary N) is 1. The Morgan fingerprint density at radius 1 is 1.33 bits per heavy atom. The zero-order valence-corrected chi connectivity index (χ0v) is 14.7. The van der Waals surface area contributed by atoms with Gasteiger partial charge in [-0.15, -0.1) is 23.7 Å². The van der Waals surface area contributed by atoms with Gasteiger partial charge in [0.15, 0.2) is 0 Å². The van der Waals surface area contributed by atoms with Gasteiger partial charge in [-0.25, -0.2) is 0 Å². The third-order valence-corrected chi connectivity index (χ3v) is 5.47. The average Bonchev–Trinajstić information content (AvgIpc) is 2.85. The summed E-state index contributed by atoms with van der Waals surface area (Å²) in [5.41, 5.74) is 6.04. The van der Waals surface area contributed by atoms with Crippen LogP contribution in [0.1, 0.15) is 48.3 Å². The van der Waals surface area contributed by atoms with Crippen LogP contribution in [-0.2, 0) is 11.3 Å². The zero-order chi connectivity index (χ0) is 14.6. The monoisotopic (exact) mass is 330 g/mol. The summed E-state index contributed by atoms with van der Waals surface area (Å²) in [6.07, 6.45) is 6.57. The van der Waals surface area contributed by atoms with E-state index in [1.807, 2.05) is 11.9 Å². The Morgan fingerprint density at radius 3 is 2.52 bits per heavy atom. The standard InChI is InChI=1S/C16H26N2OS.ClH/c1-13-6-7-14(20-13)11-18(2)15(19)10-16(12-17)8-4-3-5-9-16;/h6-7H,3-5,8-12,17H2,1-2H3;1H. The number of hydrogen-bond donors (Lipinski definition) is 1. The number of thiophene rings is 1. The van der Waals surface area contributed by atoms with Crippen LogP contribution in [0, 0.1) is 12.3 Å². The summed E-state index contributed by atoms with van der Waals surface area (Å²) >= 11 is 1.77. The van der Waals surface area contributed by atoms with Crippen LogP contribution in [0.4, 0.5) is 0 Å². The minimum atomic E-state index is 0. The van der Waals surface area contributed by atoms with Crippen LogP contribution in [0.5, 0.6) is 0 Å². The largest absolute Gasteiger partial charge is 0.341 e. The summed E-state index contributed by atoms with van der Waals surface area (Å²) in [6.45, 7) is 3.46. The Morgan fingerprint density at radius 2 is 2.00 bits per heavy atom. The lowest BCUT2D eigenvalue weighted by Crippen LogP contribution is -2.39. The van der Waals surface area contributed by atoms with Gasteiger partial charge in [0, 0.05) is 23.2 Å². The van der Waals surface area contributed by atoms with Crippen LogP contribution in [0.3, 0.4) is 0 Å². The molecule has 120 valence electrons. The van der Waals surface area contributed by atoms with Crippen molar-refractivity contribution in [2.24, 2.45) is 11.1 Å². The third-order valence-electron chi connectivity index (χ3n) is 4.49. The van der Waals surface area contributed by atoms with Gasteiger partial charge in [0.1, 0.15) is 0 Å². The topological polar surface area (TPSA) is 46.3 Å². The maximum absolute atomic E-state index is 12.5. The maximum Gasteiger partial charge on any atom is 0.223 e. The molecule has 0 aliphatic heterocycles. The van der Waals surface area contributed by atoms with Gasteiger partial charge in [-0.05, 0) is 43.9 Å². The van der Waals surface area contributed by atoms with E-state index in [4.69, 9.17) is 5.73 Å². The molecule has 0 unspecified atom stereocenters. The Labute approximate surface area is 138 Å². The summed E-state index contributed by atoms with van der Waals surface area (Å²) in [6, 6.07) is 4.23. The molecule has 0 bridgehead atoms. The summed E-state index contributed by atoms with van der Waals surface area (Å²) in [5, 5.41) is 0. The van der Waals surface area contributed by atoms with Gasteiger partial charge < -0.3 is 10.6 Å². The lowest BCUT2D eigenvalue weighted by atomic mass is 9.71. The fourth-order valence-corrected chi connectivity index (χ4v) is 4.05. The first-order chi connectivity index (χ1) is 9.54. The van der Waals surface area contributed by atoms with Crippen LogP contribution >= 0.6 is 23.7 Å². The van der Waals surface area contributed by atoms with Gasteiger partial charge in [0.05, 0.1) is 6.54 Å². The van der Waals surface area contributed by atoms with Crippen LogP contribution in [0.15, 0.2) is 12.1 Å². The molecule has 0 aromatic carbocycles. The van der Waals surface area contributed by atoms with Crippen molar-refractivity contribution in [3.63, 3.8) is 0 Å². The molecule has 1 aliphatic rings. The number of carbonyl (C=O) groups is 1. The summed E-state index contributed by atoms with van der Waals surface area (Å²) in [7, 11) is 1.91. The number of halogens is 1. The Bertz CT molecular complexity index is 455. The molecule has 21 heavy (non-hydrogen) atoms. The first-order valence-electron chi connectivity index (χ1n) is 7.54. The number of rotatable bonds is 5. The van der Waals surface area contributed by atoms with E-state index in [0.29, 0.717) is 13.0 Å². The van der Waals surface area contributed by atoms with E-state index in [0.717, 1.165) is 19.4 Å². The number of nitrogens with zero attached hydrogens (tertiary/aromatic N) is 1. The lowest BCUT2D eigenvalue weighted by Gasteiger charge is -2.36. The molecule has 2 N–H and O–H groups in total. The smallest absolute Gasteiger partial charge is 0.223 e. The molecule has 0 spiro atoms. The molecule has 1 aliphatic carbocycles. The molecule has 0 saturated heterocycles. The van der Waals surface area contributed by atoms with Crippen molar-refractivity contribution in [2.75, 3.05) is 13.6 Å². The Hall–Kier alpha value is -0.580. The third kappa shape index (κ3) is 4.97. The highest BCUT2D eigenvalue weighted by Gasteiger charge is 2.33. The fraction of sp³-hybridized carbons (Fsp3) is 0.688. The first-order valence-corrected chi connectivity index (χ1v) is 8.36. The van der Waals surface area contributed by atoms with Crippen LogP contribution in [0.2, 0.25) is 0 Å². The molecule has 2 rings (SSSR count). The molecule has 1 amide bonds. The predicted molar refractivity (Wildman–Crippen MR) is 92.0 cm³/mol. The van der Waals surface area contributed by atoms with E-state index >= 15 is 0 Å². The molecule has 5 heteroatoms. The Kier molecular flexibility index (Phi) is 7.17. The van der Waals surface area contributed by atoms with Crippen molar-refractivity contribution < 1.29 is 4.79 Å². The number of aryl methyl sites for hydroxylation is 1. The summed E-state index contributed by atoms with van der Waals surface area (Å²) in [4.78, 5) is 16.9. The van der Waals surface area contributed by atoms with Crippen LogP contribution in [0.25, 0.3) is 0 Å². The fourth-order valence-electron chi connectivity index (χ4n) is 3.10. The van der Waals surface area contributed by atoms with Crippen molar-refractivity contribution >= 4 is 29.7 Å². The highest BCUT2D eigenvalue weighted by molar-refractivity contribution is 7.11. The maximum atomic E-state index is 12.5. The highest BCUT2D eigenvalue weighted by Crippen LogP contribution is 2.38. The SMILES string of the molecule is Cc1ccc(CN(C)C(=O)CC2(CN)CCCCC2)s1.Cl. The second kappa shape index (κ2) is 8.16. The quantitative estimate of drug-likeness (QED) is 0.894. The summed E-state index contributed by atoms with van der Waals surface area (Å²) in [5.74, 6) is 0.239. The van der Waals surface area contributed by atoms with Crippen molar-refractivity contribution in [2.45, 2.75) is 52.0 Å². The highest BCUT2D eigenvalue weighted by atomic mass is 35.5. The van der Waals surface area contributed by atoms with Crippen molar-refractivity contribution in [3.8, 4) is 0 Å². The first kappa shape index (κ1) is 18.5. The minimum absolute atomic E-state index is 0. The Balaban J connectivity index is 0.00000220. The van der Waals surface area contributed by atoms with E-state index in [2.05, 4.69) is 19.1 Å². The normalized spacial score (nSPS) is 17.1. The van der Waals surface area contributed by atoms with E-state index in [1.165, 1.54) is 29.0 Å². The molecule has 1 heterocycles. The van der Waals surface area contributed by atoms with Gasteiger partial charge in [-0.1, -0.05) is 19.3 Å². The number of amides is 1. The molecule has 0 radical (unpaired) electrons. The van der Waals surface area contributed by atoms with Gasteiger partial charge in [0.25, 0.3) is 0 Å². The molecule has 1 fully saturated rings. The molecule has 1 aromatic rings. The van der Waals surface area contributed by atoms with Crippen LogP contribution in [-0.4, -0.2) is 24.4 Å². The minimum Gasteiger partial charge on any atom is -0.341 e. The zero-order valence-electron chi connectivity index (χ0n) is 13.1.